The van der Waals surface area contributed by atoms with Crippen LogP contribution >= 0.6 is 0 Å². The first-order valence-electron chi connectivity index (χ1n) is 8.66. The number of nitrogens with one attached hydrogen (secondary N) is 1. The third-order valence-electron chi connectivity index (χ3n) is 4.78. The largest absolute Gasteiger partial charge is 0.493 e. The van der Waals surface area contributed by atoms with Gasteiger partial charge in [-0.05, 0) is 24.6 Å². The number of rotatable bonds is 3. The number of amides is 2. The quantitative estimate of drug-likeness (QED) is 0.937. The van der Waals surface area contributed by atoms with Crippen LogP contribution in [0.5, 0.6) is 5.75 Å². The first kappa shape index (κ1) is 15.7. The van der Waals surface area contributed by atoms with Gasteiger partial charge < -0.3 is 15.0 Å². The highest BCUT2D eigenvalue weighted by Crippen LogP contribution is 2.32. The van der Waals surface area contributed by atoms with Crippen molar-refractivity contribution in [2.45, 2.75) is 25.3 Å². The third-order valence-corrected chi connectivity index (χ3v) is 4.78. The van der Waals surface area contributed by atoms with Crippen LogP contribution in [0.2, 0.25) is 0 Å². The van der Waals surface area contributed by atoms with Crippen LogP contribution in [0.15, 0.2) is 48.5 Å². The molecule has 2 aliphatic heterocycles. The number of nitrogens with zero attached hydrogens (tertiary/aromatic N) is 1. The van der Waals surface area contributed by atoms with Gasteiger partial charge in [-0.15, -0.1) is 0 Å². The highest BCUT2D eigenvalue weighted by Gasteiger charge is 2.28. The molecule has 128 valence electrons. The lowest BCUT2D eigenvalue weighted by molar-refractivity contribution is -0.117. The molecule has 0 aliphatic carbocycles. The molecule has 0 unspecified atom stereocenters. The number of hydrogen-bond acceptors (Lipinski definition) is 3. The second kappa shape index (κ2) is 6.59. The molecular formula is C20H20N2O3. The molecule has 2 aromatic rings. The zero-order valence-electron chi connectivity index (χ0n) is 13.9. The van der Waals surface area contributed by atoms with E-state index in [4.69, 9.17) is 4.74 Å². The number of para-hydroxylation sites is 2. The van der Waals surface area contributed by atoms with Crippen molar-refractivity contribution in [3.05, 3.63) is 59.7 Å². The average Bonchev–Trinajstić information content (AvgIpc) is 3.08. The Morgan fingerprint density at radius 2 is 1.92 bits per heavy atom. The Morgan fingerprint density at radius 3 is 2.76 bits per heavy atom. The fourth-order valence-electron chi connectivity index (χ4n) is 3.53. The van der Waals surface area contributed by atoms with Crippen LogP contribution in [0, 0.1) is 0 Å². The van der Waals surface area contributed by atoms with Crippen LogP contribution in [-0.2, 0) is 4.79 Å². The summed E-state index contributed by atoms with van der Waals surface area (Å²) in [5.74, 6) is 0.746. The molecule has 25 heavy (non-hydrogen) atoms. The van der Waals surface area contributed by atoms with Gasteiger partial charge in [0.2, 0.25) is 5.91 Å². The van der Waals surface area contributed by atoms with Crippen molar-refractivity contribution in [2.24, 2.45) is 0 Å². The van der Waals surface area contributed by atoms with Crippen molar-refractivity contribution >= 4 is 17.5 Å². The molecular weight excluding hydrogens is 316 g/mol. The van der Waals surface area contributed by atoms with Gasteiger partial charge in [-0.1, -0.05) is 30.3 Å². The minimum absolute atomic E-state index is 0.0802. The average molecular weight is 336 g/mol. The molecule has 1 atom stereocenters. The second-order valence-electron chi connectivity index (χ2n) is 6.37. The second-order valence-corrected chi connectivity index (χ2v) is 6.37. The minimum atomic E-state index is -0.156. The zero-order valence-corrected chi connectivity index (χ0v) is 13.9. The summed E-state index contributed by atoms with van der Waals surface area (Å²) >= 11 is 0. The van der Waals surface area contributed by atoms with Crippen molar-refractivity contribution in [2.75, 3.05) is 18.1 Å². The highest BCUT2D eigenvalue weighted by molar-refractivity contribution is 6.05. The predicted molar refractivity (Wildman–Crippen MR) is 94.8 cm³/mol. The Kier molecular flexibility index (Phi) is 4.14. The van der Waals surface area contributed by atoms with Crippen LogP contribution in [0.3, 0.4) is 0 Å². The van der Waals surface area contributed by atoms with Gasteiger partial charge in [-0.3, -0.25) is 9.59 Å². The lowest BCUT2D eigenvalue weighted by Gasteiger charge is -2.27. The molecule has 1 saturated heterocycles. The van der Waals surface area contributed by atoms with E-state index >= 15 is 0 Å². The van der Waals surface area contributed by atoms with E-state index in [2.05, 4.69) is 5.32 Å². The molecule has 2 amide bonds. The molecule has 0 bridgehead atoms. The molecule has 1 N–H and O–H groups in total. The Hall–Kier alpha value is -2.82. The van der Waals surface area contributed by atoms with E-state index in [-0.39, 0.29) is 17.9 Å². The van der Waals surface area contributed by atoms with Crippen molar-refractivity contribution in [1.29, 1.82) is 0 Å². The number of carbonyl (C=O) groups excluding carboxylic acids is 2. The van der Waals surface area contributed by atoms with Gasteiger partial charge in [0.25, 0.3) is 5.91 Å². The Morgan fingerprint density at radius 1 is 1.12 bits per heavy atom. The van der Waals surface area contributed by atoms with E-state index < -0.39 is 0 Å². The topological polar surface area (TPSA) is 58.6 Å². The molecule has 4 rings (SSSR count). The summed E-state index contributed by atoms with van der Waals surface area (Å²) in [5, 5.41) is 3.11. The molecule has 0 aromatic heterocycles. The number of fused-ring (bicyclic) bond motifs is 1. The first-order chi connectivity index (χ1) is 12.2. The maximum absolute atomic E-state index is 12.9. The van der Waals surface area contributed by atoms with Gasteiger partial charge in [-0.25, -0.2) is 0 Å². The van der Waals surface area contributed by atoms with Gasteiger partial charge in [0, 0.05) is 24.9 Å². The Balaban J connectivity index is 1.60. The summed E-state index contributed by atoms with van der Waals surface area (Å²) in [7, 11) is 0. The predicted octanol–water partition coefficient (Wildman–Crippen LogP) is 3.07. The van der Waals surface area contributed by atoms with E-state index in [1.807, 2.05) is 42.5 Å². The smallest absolute Gasteiger partial charge is 0.253 e. The maximum atomic E-state index is 12.9. The molecule has 2 aliphatic rings. The van der Waals surface area contributed by atoms with Crippen molar-refractivity contribution in [3.8, 4) is 5.75 Å². The summed E-state index contributed by atoms with van der Waals surface area (Å²) in [4.78, 5) is 26.7. The van der Waals surface area contributed by atoms with Gasteiger partial charge in [0.1, 0.15) is 5.75 Å². The van der Waals surface area contributed by atoms with Crippen molar-refractivity contribution in [1.82, 2.24) is 5.32 Å². The van der Waals surface area contributed by atoms with E-state index in [0.717, 1.165) is 24.2 Å². The van der Waals surface area contributed by atoms with E-state index in [1.54, 1.807) is 11.0 Å². The van der Waals surface area contributed by atoms with Crippen LogP contribution in [0.25, 0.3) is 0 Å². The zero-order chi connectivity index (χ0) is 17.2. The van der Waals surface area contributed by atoms with Crippen LogP contribution < -0.4 is 15.0 Å². The molecule has 0 saturated carbocycles. The third kappa shape index (κ3) is 2.97. The fourth-order valence-corrected chi connectivity index (χ4v) is 3.53. The SMILES string of the molecule is O=C(N[C@H]1CCOc2ccccc21)c1ccccc1N1CCCC1=O. The monoisotopic (exact) mass is 336 g/mol. The molecule has 0 radical (unpaired) electrons. The van der Waals surface area contributed by atoms with Gasteiger partial charge >= 0.3 is 0 Å². The number of hydrogen-bond donors (Lipinski definition) is 1. The number of benzene rings is 2. The summed E-state index contributed by atoms with van der Waals surface area (Å²) < 4.78 is 5.66. The van der Waals surface area contributed by atoms with Gasteiger partial charge in [0.05, 0.1) is 23.9 Å². The summed E-state index contributed by atoms with van der Waals surface area (Å²) in [6.07, 6.45) is 2.11. The van der Waals surface area contributed by atoms with Gasteiger partial charge in [-0.2, -0.15) is 0 Å². The normalized spacial score (nSPS) is 19.3. The maximum Gasteiger partial charge on any atom is 0.253 e. The summed E-state index contributed by atoms with van der Waals surface area (Å²) in [6, 6.07) is 15.0. The minimum Gasteiger partial charge on any atom is -0.493 e. The van der Waals surface area contributed by atoms with Crippen molar-refractivity contribution < 1.29 is 14.3 Å². The van der Waals surface area contributed by atoms with E-state index in [0.29, 0.717) is 30.8 Å². The lowest BCUT2D eigenvalue weighted by atomic mass is 10.00. The molecule has 2 aromatic carbocycles. The summed E-state index contributed by atoms with van der Waals surface area (Å²) in [6.45, 7) is 1.25. The van der Waals surface area contributed by atoms with E-state index in [1.165, 1.54) is 0 Å². The van der Waals surface area contributed by atoms with Crippen LogP contribution in [0.1, 0.15) is 41.2 Å². The lowest BCUT2D eigenvalue weighted by Crippen LogP contribution is -2.34. The highest BCUT2D eigenvalue weighted by atomic mass is 16.5. The van der Waals surface area contributed by atoms with Crippen LogP contribution in [0.4, 0.5) is 5.69 Å². The molecule has 2 heterocycles. The molecule has 0 spiro atoms. The number of anilines is 1. The van der Waals surface area contributed by atoms with Gasteiger partial charge in [0.15, 0.2) is 0 Å². The molecule has 5 heteroatoms. The first-order valence-corrected chi connectivity index (χ1v) is 8.66. The van der Waals surface area contributed by atoms with Crippen molar-refractivity contribution in [3.63, 3.8) is 0 Å². The Bertz CT molecular complexity index is 818. The summed E-state index contributed by atoms with van der Waals surface area (Å²) in [5.41, 5.74) is 2.24. The number of ether oxygens (including phenoxy) is 1. The molecule has 1 fully saturated rings. The fraction of sp³-hybridized carbons (Fsp3) is 0.300. The van der Waals surface area contributed by atoms with Crippen LogP contribution in [-0.4, -0.2) is 25.0 Å². The van der Waals surface area contributed by atoms with E-state index in [9.17, 15) is 9.59 Å². The number of carbonyl (C=O) groups is 2. The Labute approximate surface area is 146 Å². The standard InChI is InChI=1S/C20H20N2O3/c23-19-10-5-12-22(19)17-8-3-1-7-15(17)20(24)21-16-11-13-25-18-9-4-2-6-14(16)18/h1-4,6-9,16H,5,10-13H2,(H,21,24)/t16-/m0/s1. The molecule has 5 nitrogen and oxygen atoms in total.